The van der Waals surface area contributed by atoms with E-state index in [9.17, 15) is 14.1 Å². The number of imidazole rings is 1. The Balaban J connectivity index is 1.82. The molecule has 0 spiro atoms. The first-order valence-corrected chi connectivity index (χ1v) is 8.69. The van der Waals surface area contributed by atoms with Crippen LogP contribution in [0.15, 0.2) is 41.8 Å². The topological polar surface area (TPSA) is 120 Å². The minimum absolute atomic E-state index is 0.0166. The fraction of sp³-hybridized carbons (Fsp3) is 0.0556. The number of carbonyl (C=O) groups excluding carboxylic acids is 1. The van der Waals surface area contributed by atoms with Crippen LogP contribution in [0.25, 0.3) is 0 Å². The van der Waals surface area contributed by atoms with Crippen LogP contribution in [0.5, 0.6) is 11.5 Å². The molecule has 0 saturated carbocycles. The van der Waals surface area contributed by atoms with E-state index in [-0.39, 0.29) is 50.7 Å². The first-order valence-electron chi connectivity index (χ1n) is 7.93. The van der Waals surface area contributed by atoms with Crippen LogP contribution in [-0.2, 0) is 6.54 Å². The van der Waals surface area contributed by atoms with Gasteiger partial charge in [0, 0.05) is 17.1 Å². The van der Waals surface area contributed by atoms with E-state index < -0.39 is 11.7 Å². The van der Waals surface area contributed by atoms with Crippen molar-refractivity contribution in [1.82, 2.24) is 15.3 Å². The first kappa shape index (κ1) is 20.3. The van der Waals surface area contributed by atoms with Crippen molar-refractivity contribution in [2.45, 2.75) is 6.54 Å². The molecular weight excluding hydrogens is 424 g/mol. The summed E-state index contributed by atoms with van der Waals surface area (Å²) in [5, 5.41) is 14.3. The summed E-state index contributed by atoms with van der Waals surface area (Å²) in [5.41, 5.74) is 0.154. The molecule has 0 aliphatic carbocycles. The van der Waals surface area contributed by atoms with Crippen molar-refractivity contribution in [3.05, 3.63) is 74.2 Å². The van der Waals surface area contributed by atoms with E-state index in [2.05, 4.69) is 20.5 Å². The Morgan fingerprint density at radius 1 is 1.34 bits per heavy atom. The molecule has 8 nitrogen and oxygen atoms in total. The number of hydrogen-bond donors (Lipinski definition) is 2. The Kier molecular flexibility index (Phi) is 6.07. The van der Waals surface area contributed by atoms with E-state index in [0.29, 0.717) is 0 Å². The van der Waals surface area contributed by atoms with E-state index in [4.69, 9.17) is 33.2 Å². The minimum Gasteiger partial charge on any atom is -0.453 e. The lowest BCUT2D eigenvalue weighted by Gasteiger charge is -2.13. The molecular formula is C18H10Cl2FN5O3. The highest BCUT2D eigenvalue weighted by molar-refractivity contribution is 6.32. The third-order valence-electron chi connectivity index (χ3n) is 3.72. The second-order valence-corrected chi connectivity index (χ2v) is 6.46. The number of rotatable bonds is 6. The summed E-state index contributed by atoms with van der Waals surface area (Å²) in [7, 11) is 0. The molecule has 3 aromatic rings. The number of nitrogens with zero attached hydrogens (tertiary/aromatic N) is 3. The second kappa shape index (κ2) is 8.68. The van der Waals surface area contributed by atoms with Crippen molar-refractivity contribution >= 4 is 34.9 Å². The number of benzene rings is 2. The summed E-state index contributed by atoms with van der Waals surface area (Å²) >= 11 is 12.0. The van der Waals surface area contributed by atoms with Crippen molar-refractivity contribution in [3.63, 3.8) is 0 Å². The largest absolute Gasteiger partial charge is 0.453 e. The highest BCUT2D eigenvalue weighted by Crippen LogP contribution is 2.35. The molecule has 0 radical (unpaired) electrons. The van der Waals surface area contributed by atoms with Gasteiger partial charge in [0.2, 0.25) is 5.82 Å². The lowest BCUT2D eigenvalue weighted by Crippen LogP contribution is -2.23. The molecule has 0 fully saturated rings. The summed E-state index contributed by atoms with van der Waals surface area (Å²) in [6, 6.07) is 8.88. The van der Waals surface area contributed by atoms with E-state index >= 15 is 0 Å². The highest BCUT2D eigenvalue weighted by atomic mass is 35.5. The zero-order valence-electron chi connectivity index (χ0n) is 14.4. The van der Waals surface area contributed by atoms with Crippen molar-refractivity contribution in [3.8, 4) is 17.6 Å². The SMILES string of the molecule is N#Cc1cc(Cl)cc(Oc2c(Cl)ccc(CNC(=O)c3[nH]cnc3N=O)c2F)c1. The van der Waals surface area contributed by atoms with Crippen LogP contribution < -0.4 is 10.1 Å². The van der Waals surface area contributed by atoms with Crippen LogP contribution >= 0.6 is 23.2 Å². The fourth-order valence-electron chi connectivity index (χ4n) is 2.39. The van der Waals surface area contributed by atoms with Gasteiger partial charge in [0.1, 0.15) is 5.75 Å². The highest BCUT2D eigenvalue weighted by Gasteiger charge is 2.18. The summed E-state index contributed by atoms with van der Waals surface area (Å²) in [6.07, 6.45) is 1.14. The Labute approximate surface area is 173 Å². The number of hydrogen-bond acceptors (Lipinski definition) is 6. The molecule has 0 bridgehead atoms. The first-order chi connectivity index (χ1) is 13.9. The molecule has 0 atom stereocenters. The molecule has 3 rings (SSSR count). The van der Waals surface area contributed by atoms with E-state index in [1.54, 1.807) is 0 Å². The quantitative estimate of drug-likeness (QED) is 0.538. The predicted molar refractivity (Wildman–Crippen MR) is 103 cm³/mol. The van der Waals surface area contributed by atoms with Gasteiger partial charge in [-0.2, -0.15) is 5.26 Å². The number of ether oxygens (including phenoxy) is 1. The van der Waals surface area contributed by atoms with Crippen molar-refractivity contribution in [2.24, 2.45) is 5.18 Å². The van der Waals surface area contributed by atoms with E-state index in [0.717, 1.165) is 6.33 Å². The van der Waals surface area contributed by atoms with Crippen molar-refractivity contribution in [2.75, 3.05) is 0 Å². The molecule has 1 heterocycles. The number of carbonyl (C=O) groups is 1. The Morgan fingerprint density at radius 3 is 2.86 bits per heavy atom. The average molecular weight is 434 g/mol. The fourth-order valence-corrected chi connectivity index (χ4v) is 2.80. The zero-order chi connectivity index (χ0) is 21.0. The Hall–Kier alpha value is -3.48. The molecule has 0 aliphatic rings. The van der Waals surface area contributed by atoms with Gasteiger partial charge in [-0.1, -0.05) is 29.3 Å². The number of amides is 1. The standard InChI is InChI=1S/C18H10Cl2FN5O3/c19-11-3-9(6-22)4-12(5-11)29-16-13(20)2-1-10(14(16)21)7-23-18(27)15-17(26-28)25-8-24-15/h1-5,8H,7H2,(H,23,27)(H,24,25). The lowest BCUT2D eigenvalue weighted by atomic mass is 10.2. The van der Waals surface area contributed by atoms with Crippen LogP contribution in [-0.4, -0.2) is 15.9 Å². The Morgan fingerprint density at radius 2 is 2.14 bits per heavy atom. The van der Waals surface area contributed by atoms with Gasteiger partial charge >= 0.3 is 0 Å². The molecule has 11 heteroatoms. The van der Waals surface area contributed by atoms with Crippen LogP contribution in [0.4, 0.5) is 10.2 Å². The molecule has 29 heavy (non-hydrogen) atoms. The molecule has 0 saturated heterocycles. The predicted octanol–water partition coefficient (Wildman–Crippen LogP) is 4.85. The van der Waals surface area contributed by atoms with Gasteiger partial charge in [0.15, 0.2) is 17.3 Å². The van der Waals surface area contributed by atoms with Crippen molar-refractivity contribution in [1.29, 1.82) is 5.26 Å². The van der Waals surface area contributed by atoms with Crippen LogP contribution in [0.3, 0.4) is 0 Å². The smallest absolute Gasteiger partial charge is 0.272 e. The van der Waals surface area contributed by atoms with Crippen LogP contribution in [0, 0.1) is 22.1 Å². The molecule has 0 aliphatic heterocycles. The number of nitrogens with one attached hydrogen (secondary N) is 2. The summed E-state index contributed by atoms with van der Waals surface area (Å²) in [5.74, 6) is -1.98. The second-order valence-electron chi connectivity index (χ2n) is 5.61. The molecule has 1 aromatic heterocycles. The number of aromatic amines is 1. The summed E-state index contributed by atoms with van der Waals surface area (Å²) in [6.45, 7) is -0.228. The van der Waals surface area contributed by atoms with Gasteiger partial charge in [-0.3, -0.25) is 4.79 Å². The Bertz CT molecular complexity index is 1140. The number of halogens is 3. The normalized spacial score (nSPS) is 10.3. The maximum absolute atomic E-state index is 14.9. The molecule has 2 N–H and O–H groups in total. The number of H-pyrrole nitrogens is 1. The third-order valence-corrected chi connectivity index (χ3v) is 4.24. The van der Waals surface area contributed by atoms with E-state index in [1.165, 1.54) is 30.3 Å². The van der Waals surface area contributed by atoms with Gasteiger partial charge < -0.3 is 15.0 Å². The average Bonchev–Trinajstić information content (AvgIpc) is 3.19. The molecule has 0 unspecified atom stereocenters. The third kappa shape index (κ3) is 4.51. The van der Waals surface area contributed by atoms with Gasteiger partial charge in [0.05, 0.1) is 23.0 Å². The molecule has 2 aromatic carbocycles. The van der Waals surface area contributed by atoms with Crippen molar-refractivity contribution < 1.29 is 13.9 Å². The number of nitriles is 1. The molecule has 146 valence electrons. The maximum atomic E-state index is 14.9. The maximum Gasteiger partial charge on any atom is 0.272 e. The van der Waals surface area contributed by atoms with Crippen LogP contribution in [0.1, 0.15) is 21.6 Å². The van der Waals surface area contributed by atoms with Gasteiger partial charge in [0.25, 0.3) is 5.91 Å². The summed E-state index contributed by atoms with van der Waals surface area (Å²) < 4.78 is 20.4. The zero-order valence-corrected chi connectivity index (χ0v) is 15.9. The molecule has 1 amide bonds. The van der Waals surface area contributed by atoms with Gasteiger partial charge in [-0.15, -0.1) is 4.91 Å². The van der Waals surface area contributed by atoms with Crippen LogP contribution in [0.2, 0.25) is 10.0 Å². The minimum atomic E-state index is -0.811. The monoisotopic (exact) mass is 433 g/mol. The number of aromatic nitrogens is 2. The van der Waals surface area contributed by atoms with Gasteiger partial charge in [-0.05, 0) is 29.4 Å². The van der Waals surface area contributed by atoms with E-state index in [1.807, 2.05) is 6.07 Å². The van der Waals surface area contributed by atoms with Gasteiger partial charge in [-0.25, -0.2) is 9.37 Å². The number of nitroso groups, excluding NO2 is 1. The lowest BCUT2D eigenvalue weighted by molar-refractivity contribution is 0.0947. The summed E-state index contributed by atoms with van der Waals surface area (Å²) in [4.78, 5) is 28.8.